The van der Waals surface area contributed by atoms with Gasteiger partial charge in [0.15, 0.2) is 0 Å². The molecule has 1 aliphatic heterocycles. The van der Waals surface area contributed by atoms with Crippen molar-refractivity contribution in [2.24, 2.45) is 5.92 Å². The van der Waals surface area contributed by atoms with Crippen molar-refractivity contribution in [3.63, 3.8) is 0 Å². The van der Waals surface area contributed by atoms with E-state index < -0.39 is 29.4 Å². The third kappa shape index (κ3) is 4.62. The molecule has 1 amide bonds. The van der Waals surface area contributed by atoms with E-state index in [1.807, 2.05) is 31.2 Å². The maximum Gasteiger partial charge on any atom is 0.431 e. The van der Waals surface area contributed by atoms with Gasteiger partial charge in [-0.3, -0.25) is 9.59 Å². The van der Waals surface area contributed by atoms with Crippen LogP contribution in [-0.4, -0.2) is 24.1 Å². The third-order valence-electron chi connectivity index (χ3n) is 4.85. The monoisotopic (exact) mass is 394 g/mol. The highest BCUT2D eigenvalue weighted by Crippen LogP contribution is 2.30. The molecule has 2 heterocycles. The normalized spacial score (nSPS) is 18.5. The highest BCUT2D eigenvalue weighted by Gasteiger charge is 2.33. The minimum Gasteiger partial charge on any atom is -0.381 e. The van der Waals surface area contributed by atoms with Gasteiger partial charge >= 0.3 is 6.18 Å². The number of alkyl halides is 3. The van der Waals surface area contributed by atoms with E-state index >= 15 is 0 Å². The number of hydrogen-bond donors (Lipinski definition) is 2. The number of carbonyl (C=O) groups is 1. The van der Waals surface area contributed by atoms with Crippen LogP contribution in [-0.2, 0) is 10.9 Å². The van der Waals surface area contributed by atoms with Gasteiger partial charge in [0.2, 0.25) is 0 Å². The number of amides is 1. The Balaban J connectivity index is 1.87. The molecule has 8 heteroatoms. The fourth-order valence-corrected chi connectivity index (χ4v) is 3.31. The van der Waals surface area contributed by atoms with Crippen molar-refractivity contribution in [2.45, 2.75) is 32.0 Å². The molecule has 1 fully saturated rings. The smallest absolute Gasteiger partial charge is 0.381 e. The Morgan fingerprint density at radius 1 is 1.21 bits per heavy atom. The van der Waals surface area contributed by atoms with Crippen molar-refractivity contribution < 1.29 is 22.7 Å². The molecule has 1 aromatic carbocycles. The second kappa shape index (κ2) is 8.18. The zero-order valence-corrected chi connectivity index (χ0v) is 15.3. The molecule has 28 heavy (non-hydrogen) atoms. The Morgan fingerprint density at radius 2 is 1.93 bits per heavy atom. The summed E-state index contributed by atoms with van der Waals surface area (Å²) in [6.07, 6.45) is -3.00. The molecule has 0 aliphatic carbocycles. The standard InChI is InChI=1S/C20H21F3N2O3/c1-12-4-6-13(7-5-12)17(14-3-2-10-28-11-14)25-19(27)15-8-9-16(20(21,22)23)24-18(15)26/h4-9,14,17H,2-3,10-11H2,1H3,(H,24,26)(H,25,27)/t14-,17+/m1/s1. The van der Waals surface area contributed by atoms with Gasteiger partial charge in [-0.2, -0.15) is 13.2 Å². The number of aromatic amines is 1. The van der Waals surface area contributed by atoms with Crippen molar-refractivity contribution in [3.8, 4) is 0 Å². The lowest BCUT2D eigenvalue weighted by Gasteiger charge is -2.31. The molecule has 150 valence electrons. The second-order valence-electron chi connectivity index (χ2n) is 6.95. The van der Waals surface area contributed by atoms with E-state index in [0.29, 0.717) is 19.3 Å². The van der Waals surface area contributed by atoms with E-state index in [0.717, 1.165) is 30.0 Å². The Labute approximate surface area is 159 Å². The van der Waals surface area contributed by atoms with E-state index in [9.17, 15) is 22.8 Å². The zero-order valence-electron chi connectivity index (χ0n) is 15.3. The molecule has 2 atom stereocenters. The van der Waals surface area contributed by atoms with Gasteiger partial charge in [-0.05, 0) is 37.5 Å². The summed E-state index contributed by atoms with van der Waals surface area (Å²) in [6, 6.07) is 8.82. The van der Waals surface area contributed by atoms with Crippen LogP contribution in [0.15, 0.2) is 41.2 Å². The quantitative estimate of drug-likeness (QED) is 0.833. The first-order chi connectivity index (χ1) is 13.3. The van der Waals surface area contributed by atoms with E-state index in [-0.39, 0.29) is 11.5 Å². The SMILES string of the molecule is Cc1ccc([C@H](NC(=O)c2ccc(C(F)(F)F)[nH]c2=O)[C@@H]2CCCOC2)cc1. The predicted octanol–water partition coefficient (Wildman–Crippen LogP) is 3.60. The first kappa shape index (κ1) is 20.1. The van der Waals surface area contributed by atoms with Gasteiger partial charge in [0.25, 0.3) is 11.5 Å². The molecule has 1 aromatic heterocycles. The third-order valence-corrected chi connectivity index (χ3v) is 4.85. The molecule has 0 radical (unpaired) electrons. The van der Waals surface area contributed by atoms with Crippen LogP contribution in [0.1, 0.15) is 46.1 Å². The van der Waals surface area contributed by atoms with Crippen molar-refractivity contribution >= 4 is 5.91 Å². The Morgan fingerprint density at radius 3 is 2.50 bits per heavy atom. The van der Waals surface area contributed by atoms with Crippen LogP contribution in [0.3, 0.4) is 0 Å². The molecule has 0 bridgehead atoms. The first-order valence-corrected chi connectivity index (χ1v) is 9.01. The lowest BCUT2D eigenvalue weighted by Crippen LogP contribution is -2.39. The molecule has 3 rings (SSSR count). The van der Waals surface area contributed by atoms with Crippen molar-refractivity contribution in [1.29, 1.82) is 0 Å². The molecule has 1 aliphatic rings. The summed E-state index contributed by atoms with van der Waals surface area (Å²) in [4.78, 5) is 26.4. The fraction of sp³-hybridized carbons (Fsp3) is 0.400. The van der Waals surface area contributed by atoms with Crippen LogP contribution in [0.25, 0.3) is 0 Å². The van der Waals surface area contributed by atoms with Gasteiger partial charge in [-0.15, -0.1) is 0 Å². The molecule has 0 spiro atoms. The molecule has 5 nitrogen and oxygen atoms in total. The van der Waals surface area contributed by atoms with E-state index in [1.54, 1.807) is 4.98 Å². The Bertz CT molecular complexity index is 885. The maximum absolute atomic E-state index is 12.7. The summed E-state index contributed by atoms with van der Waals surface area (Å²) in [6.45, 7) is 3.06. The summed E-state index contributed by atoms with van der Waals surface area (Å²) in [7, 11) is 0. The molecule has 0 saturated carbocycles. The van der Waals surface area contributed by atoms with E-state index in [4.69, 9.17) is 4.74 Å². The Hall–Kier alpha value is -2.61. The largest absolute Gasteiger partial charge is 0.431 e. The van der Waals surface area contributed by atoms with Crippen molar-refractivity contribution in [2.75, 3.05) is 13.2 Å². The molecular weight excluding hydrogens is 373 g/mol. The number of rotatable bonds is 4. The van der Waals surface area contributed by atoms with Crippen molar-refractivity contribution in [1.82, 2.24) is 10.3 Å². The number of carbonyl (C=O) groups excluding carboxylic acids is 1. The molecule has 1 saturated heterocycles. The van der Waals surface area contributed by atoms with Crippen molar-refractivity contribution in [3.05, 3.63) is 69.1 Å². The number of aromatic nitrogens is 1. The highest BCUT2D eigenvalue weighted by molar-refractivity contribution is 5.94. The Kier molecular flexibility index (Phi) is 5.88. The lowest BCUT2D eigenvalue weighted by atomic mass is 9.88. The van der Waals surface area contributed by atoms with Crippen LogP contribution in [0.4, 0.5) is 13.2 Å². The number of halogens is 3. The minimum absolute atomic E-state index is 0.00827. The molecule has 0 unspecified atom stereocenters. The van der Waals surface area contributed by atoms with Gasteiger partial charge in [0, 0.05) is 12.5 Å². The average Bonchev–Trinajstić information content (AvgIpc) is 2.66. The maximum atomic E-state index is 12.7. The lowest BCUT2D eigenvalue weighted by molar-refractivity contribution is -0.141. The highest BCUT2D eigenvalue weighted by atomic mass is 19.4. The van der Waals surface area contributed by atoms with Gasteiger partial charge in [-0.1, -0.05) is 29.8 Å². The second-order valence-corrected chi connectivity index (χ2v) is 6.95. The van der Waals surface area contributed by atoms with Gasteiger partial charge < -0.3 is 15.0 Å². The fourth-order valence-electron chi connectivity index (χ4n) is 3.31. The minimum atomic E-state index is -4.68. The number of hydrogen-bond acceptors (Lipinski definition) is 3. The summed E-state index contributed by atoms with van der Waals surface area (Å²) in [5.74, 6) is -0.708. The van der Waals surface area contributed by atoms with Gasteiger partial charge in [0.05, 0.1) is 12.6 Å². The number of ether oxygens (including phenoxy) is 1. The zero-order chi connectivity index (χ0) is 20.3. The number of nitrogens with one attached hydrogen (secondary N) is 2. The van der Waals surface area contributed by atoms with Crippen LogP contribution >= 0.6 is 0 Å². The van der Waals surface area contributed by atoms with Crippen LogP contribution in [0.5, 0.6) is 0 Å². The average molecular weight is 394 g/mol. The predicted molar refractivity (Wildman–Crippen MR) is 97.0 cm³/mol. The van der Waals surface area contributed by atoms with E-state index in [1.165, 1.54) is 0 Å². The number of benzene rings is 1. The van der Waals surface area contributed by atoms with Crippen LogP contribution in [0.2, 0.25) is 0 Å². The summed E-state index contributed by atoms with van der Waals surface area (Å²) >= 11 is 0. The van der Waals surface area contributed by atoms with Gasteiger partial charge in [0.1, 0.15) is 11.3 Å². The molecule has 2 N–H and O–H groups in total. The number of pyridine rings is 1. The van der Waals surface area contributed by atoms with Crippen LogP contribution in [0, 0.1) is 12.8 Å². The summed E-state index contributed by atoms with van der Waals surface area (Å²) < 4.78 is 43.7. The topological polar surface area (TPSA) is 71.2 Å². The summed E-state index contributed by atoms with van der Waals surface area (Å²) in [5.41, 5.74) is -0.702. The molecular formula is C20H21F3N2O3. The summed E-state index contributed by atoms with van der Waals surface area (Å²) in [5, 5.41) is 2.82. The van der Waals surface area contributed by atoms with E-state index in [2.05, 4.69) is 5.32 Å². The van der Waals surface area contributed by atoms with Crippen LogP contribution < -0.4 is 10.9 Å². The molecule has 2 aromatic rings. The number of aryl methyl sites for hydroxylation is 1. The van der Waals surface area contributed by atoms with Gasteiger partial charge in [-0.25, -0.2) is 0 Å². The number of H-pyrrole nitrogens is 1. The first-order valence-electron chi connectivity index (χ1n) is 9.01.